The standard InChI is InChI=1S/C19H23NO4/c1-3-4-11-24-19(22)20-17(18(21)23-2)13-14-9-10-15-7-5-6-8-16(15)12-14/h5-10,12,17H,3-4,11,13H2,1-2H3,(H,20,22). The summed E-state index contributed by atoms with van der Waals surface area (Å²) in [5.41, 5.74) is 0.943. The molecule has 2 aromatic carbocycles. The van der Waals surface area contributed by atoms with E-state index in [0.717, 1.165) is 29.2 Å². The second-order valence-corrected chi connectivity index (χ2v) is 5.60. The molecule has 0 aliphatic carbocycles. The van der Waals surface area contributed by atoms with Crippen molar-refractivity contribution in [3.63, 3.8) is 0 Å². The molecule has 1 atom stereocenters. The normalized spacial score (nSPS) is 11.8. The zero-order valence-corrected chi connectivity index (χ0v) is 14.1. The van der Waals surface area contributed by atoms with Gasteiger partial charge < -0.3 is 14.8 Å². The van der Waals surface area contributed by atoms with Crippen molar-refractivity contribution in [1.82, 2.24) is 5.32 Å². The van der Waals surface area contributed by atoms with E-state index in [9.17, 15) is 9.59 Å². The van der Waals surface area contributed by atoms with Crippen LogP contribution in [0.2, 0.25) is 0 Å². The number of fused-ring (bicyclic) bond motifs is 1. The molecule has 0 saturated carbocycles. The number of carbonyl (C=O) groups is 2. The van der Waals surface area contributed by atoms with E-state index in [1.165, 1.54) is 7.11 Å². The predicted molar refractivity (Wildman–Crippen MR) is 92.8 cm³/mol. The van der Waals surface area contributed by atoms with Crippen molar-refractivity contribution in [2.75, 3.05) is 13.7 Å². The van der Waals surface area contributed by atoms with Crippen molar-refractivity contribution in [3.05, 3.63) is 48.0 Å². The number of ether oxygens (including phenoxy) is 2. The van der Waals surface area contributed by atoms with E-state index >= 15 is 0 Å². The van der Waals surface area contributed by atoms with Crippen LogP contribution in [0.5, 0.6) is 0 Å². The summed E-state index contributed by atoms with van der Waals surface area (Å²) in [5.74, 6) is -0.490. The van der Waals surface area contributed by atoms with Gasteiger partial charge >= 0.3 is 12.1 Å². The van der Waals surface area contributed by atoms with Gasteiger partial charge in [-0.3, -0.25) is 0 Å². The lowest BCUT2D eigenvalue weighted by Gasteiger charge is -2.17. The van der Waals surface area contributed by atoms with E-state index in [2.05, 4.69) is 5.32 Å². The second-order valence-electron chi connectivity index (χ2n) is 5.60. The summed E-state index contributed by atoms with van der Waals surface area (Å²) in [6, 6.07) is 13.2. The van der Waals surface area contributed by atoms with Crippen molar-refractivity contribution in [2.45, 2.75) is 32.2 Å². The molecular weight excluding hydrogens is 306 g/mol. The first-order valence-corrected chi connectivity index (χ1v) is 8.13. The molecule has 0 saturated heterocycles. The molecule has 24 heavy (non-hydrogen) atoms. The molecule has 0 radical (unpaired) electrons. The Morgan fingerprint density at radius 2 is 1.88 bits per heavy atom. The van der Waals surface area contributed by atoms with E-state index in [0.29, 0.717) is 13.0 Å². The Labute approximate surface area is 141 Å². The summed E-state index contributed by atoms with van der Waals surface area (Å²) in [5, 5.41) is 4.80. The zero-order valence-electron chi connectivity index (χ0n) is 14.1. The molecule has 5 nitrogen and oxygen atoms in total. The van der Waals surface area contributed by atoms with Crippen molar-refractivity contribution < 1.29 is 19.1 Å². The lowest BCUT2D eigenvalue weighted by molar-refractivity contribution is -0.142. The van der Waals surface area contributed by atoms with E-state index in [4.69, 9.17) is 9.47 Å². The molecule has 0 bridgehead atoms. The van der Waals surface area contributed by atoms with Crippen LogP contribution in [0.3, 0.4) is 0 Å². The average Bonchev–Trinajstić information content (AvgIpc) is 2.60. The molecule has 0 spiro atoms. The number of amides is 1. The number of esters is 1. The second kappa shape index (κ2) is 8.91. The zero-order chi connectivity index (χ0) is 17.4. The van der Waals surface area contributed by atoms with E-state index < -0.39 is 18.1 Å². The van der Waals surface area contributed by atoms with E-state index in [-0.39, 0.29) is 0 Å². The largest absolute Gasteiger partial charge is 0.467 e. The van der Waals surface area contributed by atoms with Crippen LogP contribution >= 0.6 is 0 Å². The first kappa shape index (κ1) is 17.8. The lowest BCUT2D eigenvalue weighted by Crippen LogP contribution is -2.43. The van der Waals surface area contributed by atoms with Gasteiger partial charge in [-0.1, -0.05) is 55.8 Å². The number of nitrogens with one attached hydrogen (secondary N) is 1. The Morgan fingerprint density at radius 1 is 1.12 bits per heavy atom. The van der Waals surface area contributed by atoms with Crippen molar-refractivity contribution >= 4 is 22.8 Å². The van der Waals surface area contributed by atoms with Crippen molar-refractivity contribution in [2.24, 2.45) is 0 Å². The molecule has 0 heterocycles. The van der Waals surface area contributed by atoms with Gasteiger partial charge in [0.25, 0.3) is 0 Å². The van der Waals surface area contributed by atoms with Gasteiger partial charge in [-0.2, -0.15) is 0 Å². The molecule has 1 amide bonds. The number of unbranched alkanes of at least 4 members (excludes halogenated alkanes) is 1. The molecular formula is C19H23NO4. The van der Waals surface area contributed by atoms with Crippen molar-refractivity contribution in [1.29, 1.82) is 0 Å². The quantitative estimate of drug-likeness (QED) is 0.624. The topological polar surface area (TPSA) is 64.6 Å². The van der Waals surface area contributed by atoms with Crippen LogP contribution in [0, 0.1) is 0 Å². The summed E-state index contributed by atoms with van der Waals surface area (Å²) < 4.78 is 9.85. The third-order valence-corrected chi connectivity index (χ3v) is 3.76. The number of methoxy groups -OCH3 is 1. The number of rotatable bonds is 7. The van der Waals surface area contributed by atoms with Gasteiger partial charge in [0.1, 0.15) is 6.04 Å². The Kier molecular flexibility index (Phi) is 6.61. The van der Waals surface area contributed by atoms with Gasteiger partial charge in [-0.05, 0) is 22.8 Å². The Balaban J connectivity index is 2.06. The highest BCUT2D eigenvalue weighted by Gasteiger charge is 2.22. The first-order chi connectivity index (χ1) is 11.6. The minimum Gasteiger partial charge on any atom is -0.467 e. The highest BCUT2D eigenvalue weighted by Crippen LogP contribution is 2.17. The van der Waals surface area contributed by atoms with Crippen LogP contribution in [0.1, 0.15) is 25.3 Å². The fourth-order valence-electron chi connectivity index (χ4n) is 2.43. The molecule has 128 valence electrons. The number of alkyl carbamates (subject to hydrolysis) is 1. The molecule has 5 heteroatoms. The van der Waals surface area contributed by atoms with Crippen LogP contribution < -0.4 is 5.32 Å². The van der Waals surface area contributed by atoms with E-state index in [1.54, 1.807) is 0 Å². The Bertz CT molecular complexity index is 699. The fourth-order valence-corrected chi connectivity index (χ4v) is 2.43. The van der Waals surface area contributed by atoms with Gasteiger partial charge in [0.05, 0.1) is 13.7 Å². The number of hydrogen-bond acceptors (Lipinski definition) is 4. The Morgan fingerprint density at radius 3 is 2.58 bits per heavy atom. The summed E-state index contributed by atoms with van der Waals surface area (Å²) in [4.78, 5) is 23.8. The van der Waals surface area contributed by atoms with Crippen LogP contribution in [0.15, 0.2) is 42.5 Å². The van der Waals surface area contributed by atoms with Crippen LogP contribution in [-0.2, 0) is 20.7 Å². The number of hydrogen-bond donors (Lipinski definition) is 1. The van der Waals surface area contributed by atoms with Crippen LogP contribution in [0.4, 0.5) is 4.79 Å². The number of carbonyl (C=O) groups excluding carboxylic acids is 2. The van der Waals surface area contributed by atoms with Gasteiger partial charge in [0.15, 0.2) is 0 Å². The minimum absolute atomic E-state index is 0.339. The smallest absolute Gasteiger partial charge is 0.407 e. The maximum atomic E-state index is 12.0. The summed E-state index contributed by atoms with van der Waals surface area (Å²) in [7, 11) is 1.31. The van der Waals surface area contributed by atoms with Gasteiger partial charge in [-0.25, -0.2) is 9.59 Å². The Hall–Kier alpha value is -2.56. The maximum absolute atomic E-state index is 12.0. The van der Waals surface area contributed by atoms with Crippen molar-refractivity contribution in [3.8, 4) is 0 Å². The SMILES string of the molecule is CCCCOC(=O)NC(Cc1ccc2ccccc2c1)C(=O)OC. The summed E-state index contributed by atoms with van der Waals surface area (Å²) in [6.45, 7) is 2.35. The molecule has 0 aromatic heterocycles. The van der Waals surface area contributed by atoms with Gasteiger partial charge in [0.2, 0.25) is 0 Å². The molecule has 0 fully saturated rings. The van der Waals surface area contributed by atoms with Gasteiger partial charge in [-0.15, -0.1) is 0 Å². The molecule has 1 unspecified atom stereocenters. The van der Waals surface area contributed by atoms with Crippen LogP contribution in [0.25, 0.3) is 10.8 Å². The minimum atomic E-state index is -0.773. The third kappa shape index (κ3) is 4.98. The van der Waals surface area contributed by atoms with Gasteiger partial charge in [0, 0.05) is 6.42 Å². The molecule has 0 aliphatic rings. The average molecular weight is 329 g/mol. The molecule has 0 aliphatic heterocycles. The first-order valence-electron chi connectivity index (χ1n) is 8.13. The van der Waals surface area contributed by atoms with Crippen LogP contribution in [-0.4, -0.2) is 31.8 Å². The van der Waals surface area contributed by atoms with E-state index in [1.807, 2.05) is 49.4 Å². The highest BCUT2D eigenvalue weighted by molar-refractivity contribution is 5.84. The predicted octanol–water partition coefficient (Wildman–Crippen LogP) is 3.45. The number of benzene rings is 2. The fraction of sp³-hybridized carbons (Fsp3) is 0.368. The molecule has 2 aromatic rings. The maximum Gasteiger partial charge on any atom is 0.407 e. The lowest BCUT2D eigenvalue weighted by atomic mass is 10.0. The summed E-state index contributed by atoms with van der Waals surface area (Å²) >= 11 is 0. The monoisotopic (exact) mass is 329 g/mol. The third-order valence-electron chi connectivity index (χ3n) is 3.76. The summed E-state index contributed by atoms with van der Waals surface area (Å²) in [6.07, 6.45) is 1.48. The highest BCUT2D eigenvalue weighted by atomic mass is 16.6. The molecule has 1 N–H and O–H groups in total. The molecule has 2 rings (SSSR count).